The van der Waals surface area contributed by atoms with Crippen LogP contribution in [0.25, 0.3) is 11.1 Å². The Labute approximate surface area is 124 Å². The average Bonchev–Trinajstić information content (AvgIpc) is 2.51. The number of carbonyl (C=O) groups is 1. The molecule has 0 unspecified atom stereocenters. The molecule has 21 heavy (non-hydrogen) atoms. The lowest BCUT2D eigenvalue weighted by atomic mass is 9.80. The van der Waals surface area contributed by atoms with Gasteiger partial charge in [0.05, 0.1) is 6.04 Å². The summed E-state index contributed by atoms with van der Waals surface area (Å²) in [5.41, 5.74) is 3.36. The van der Waals surface area contributed by atoms with Crippen LogP contribution in [0.4, 0.5) is 4.79 Å². The molecule has 0 bridgehead atoms. The second-order valence-corrected chi connectivity index (χ2v) is 6.13. The summed E-state index contributed by atoms with van der Waals surface area (Å²) in [5.74, 6) is 0. The Hall–Kier alpha value is -2.29. The Balaban J connectivity index is 1.88. The lowest BCUT2D eigenvalue weighted by Crippen LogP contribution is -2.46. The molecule has 108 valence electrons. The molecular formula is C18H19NO2. The maximum Gasteiger partial charge on any atom is 0.407 e. The molecule has 0 radical (unpaired) electrons. The van der Waals surface area contributed by atoms with E-state index in [2.05, 4.69) is 55.6 Å². The number of cyclic esters (lactones) is 1. The lowest BCUT2D eigenvalue weighted by molar-refractivity contribution is 0.0387. The third-order valence-corrected chi connectivity index (χ3v) is 3.97. The zero-order valence-electron chi connectivity index (χ0n) is 12.3. The minimum atomic E-state index is -0.341. The SMILES string of the molecule is CC1(C)COC(=O)N[C@@H]1c1ccc(-c2ccccc2)cc1. The standard InChI is InChI=1S/C18H19NO2/c1-18(2)12-21-17(20)19-16(18)15-10-8-14(9-11-15)13-6-4-3-5-7-13/h3-11,16H,12H2,1-2H3,(H,19,20)/t16-/m1/s1. The molecule has 1 heterocycles. The summed E-state index contributed by atoms with van der Waals surface area (Å²) in [6.45, 7) is 4.63. The number of alkyl carbamates (subject to hydrolysis) is 1. The Morgan fingerprint density at radius 2 is 1.62 bits per heavy atom. The quantitative estimate of drug-likeness (QED) is 0.897. The highest BCUT2D eigenvalue weighted by Gasteiger charge is 2.37. The van der Waals surface area contributed by atoms with Crippen molar-refractivity contribution in [2.75, 3.05) is 6.61 Å². The maximum atomic E-state index is 11.5. The van der Waals surface area contributed by atoms with Gasteiger partial charge in [-0.1, -0.05) is 68.4 Å². The van der Waals surface area contributed by atoms with Gasteiger partial charge in [-0.05, 0) is 16.7 Å². The normalized spacial score (nSPS) is 20.5. The van der Waals surface area contributed by atoms with Crippen LogP contribution in [0.2, 0.25) is 0 Å². The second-order valence-electron chi connectivity index (χ2n) is 6.13. The van der Waals surface area contributed by atoms with Gasteiger partial charge in [0.15, 0.2) is 0 Å². The summed E-state index contributed by atoms with van der Waals surface area (Å²) in [4.78, 5) is 11.5. The van der Waals surface area contributed by atoms with Crippen LogP contribution in [0.5, 0.6) is 0 Å². The molecule has 0 spiro atoms. The molecule has 1 amide bonds. The molecule has 0 saturated carbocycles. The summed E-state index contributed by atoms with van der Waals surface area (Å²) < 4.78 is 5.09. The molecule has 3 nitrogen and oxygen atoms in total. The van der Waals surface area contributed by atoms with Crippen molar-refractivity contribution >= 4 is 6.09 Å². The Bertz CT molecular complexity index is 632. The van der Waals surface area contributed by atoms with E-state index in [1.165, 1.54) is 11.1 Å². The summed E-state index contributed by atoms with van der Waals surface area (Å²) in [6, 6.07) is 18.6. The van der Waals surface area contributed by atoms with E-state index in [1.807, 2.05) is 18.2 Å². The number of hydrogen-bond donors (Lipinski definition) is 1. The van der Waals surface area contributed by atoms with Gasteiger partial charge in [0, 0.05) is 5.41 Å². The first-order valence-electron chi connectivity index (χ1n) is 7.15. The van der Waals surface area contributed by atoms with Crippen molar-refractivity contribution in [2.45, 2.75) is 19.9 Å². The van der Waals surface area contributed by atoms with E-state index in [1.54, 1.807) is 0 Å². The minimum Gasteiger partial charge on any atom is -0.449 e. The summed E-state index contributed by atoms with van der Waals surface area (Å²) in [5, 5.41) is 2.92. The van der Waals surface area contributed by atoms with Gasteiger partial charge in [-0.2, -0.15) is 0 Å². The first kappa shape index (κ1) is 13.7. The van der Waals surface area contributed by atoms with Crippen molar-refractivity contribution in [3.63, 3.8) is 0 Å². The molecule has 2 aromatic rings. The fraction of sp³-hybridized carbons (Fsp3) is 0.278. The smallest absolute Gasteiger partial charge is 0.407 e. The molecule has 1 saturated heterocycles. The minimum absolute atomic E-state index is 0.0245. The largest absolute Gasteiger partial charge is 0.449 e. The van der Waals surface area contributed by atoms with Gasteiger partial charge >= 0.3 is 6.09 Å². The number of nitrogens with one attached hydrogen (secondary N) is 1. The molecule has 1 fully saturated rings. The van der Waals surface area contributed by atoms with E-state index < -0.39 is 0 Å². The number of amides is 1. The van der Waals surface area contributed by atoms with Crippen molar-refractivity contribution in [3.8, 4) is 11.1 Å². The predicted molar refractivity (Wildman–Crippen MR) is 82.9 cm³/mol. The number of benzene rings is 2. The first-order chi connectivity index (χ1) is 10.1. The fourth-order valence-electron chi connectivity index (χ4n) is 2.72. The molecular weight excluding hydrogens is 262 g/mol. The van der Waals surface area contributed by atoms with E-state index in [4.69, 9.17) is 4.74 Å². The summed E-state index contributed by atoms with van der Waals surface area (Å²) in [7, 11) is 0. The van der Waals surface area contributed by atoms with E-state index in [0.717, 1.165) is 5.56 Å². The van der Waals surface area contributed by atoms with Crippen LogP contribution in [0.1, 0.15) is 25.5 Å². The molecule has 0 aliphatic carbocycles. The number of carbonyl (C=O) groups excluding carboxylic acids is 1. The van der Waals surface area contributed by atoms with E-state index in [-0.39, 0.29) is 17.6 Å². The van der Waals surface area contributed by atoms with Gasteiger partial charge in [-0.25, -0.2) is 4.79 Å². The monoisotopic (exact) mass is 281 g/mol. The fourth-order valence-corrected chi connectivity index (χ4v) is 2.72. The van der Waals surface area contributed by atoms with E-state index in [9.17, 15) is 4.79 Å². The van der Waals surface area contributed by atoms with Gasteiger partial charge in [-0.15, -0.1) is 0 Å². The molecule has 2 aromatic carbocycles. The van der Waals surface area contributed by atoms with Crippen molar-refractivity contribution in [2.24, 2.45) is 5.41 Å². The molecule has 1 aliphatic heterocycles. The van der Waals surface area contributed by atoms with Gasteiger partial charge in [-0.3, -0.25) is 0 Å². The first-order valence-corrected chi connectivity index (χ1v) is 7.15. The van der Waals surface area contributed by atoms with E-state index >= 15 is 0 Å². The van der Waals surface area contributed by atoms with Crippen LogP contribution in [0.3, 0.4) is 0 Å². The summed E-state index contributed by atoms with van der Waals surface area (Å²) in [6.07, 6.45) is -0.341. The molecule has 3 rings (SSSR count). The highest BCUT2D eigenvalue weighted by atomic mass is 16.6. The van der Waals surface area contributed by atoms with Crippen LogP contribution < -0.4 is 5.32 Å². The molecule has 1 N–H and O–H groups in total. The van der Waals surface area contributed by atoms with Gasteiger partial charge < -0.3 is 10.1 Å². The Kier molecular flexibility index (Phi) is 3.42. The van der Waals surface area contributed by atoms with Crippen molar-refractivity contribution in [3.05, 3.63) is 60.2 Å². The maximum absolute atomic E-state index is 11.5. The van der Waals surface area contributed by atoms with Crippen LogP contribution in [-0.4, -0.2) is 12.7 Å². The Morgan fingerprint density at radius 1 is 1.00 bits per heavy atom. The zero-order valence-corrected chi connectivity index (χ0v) is 12.3. The van der Waals surface area contributed by atoms with Gasteiger partial charge in [0.2, 0.25) is 0 Å². The van der Waals surface area contributed by atoms with Gasteiger partial charge in [0.25, 0.3) is 0 Å². The zero-order chi connectivity index (χ0) is 14.9. The van der Waals surface area contributed by atoms with Crippen molar-refractivity contribution in [1.29, 1.82) is 0 Å². The highest BCUT2D eigenvalue weighted by molar-refractivity contribution is 5.69. The average molecular weight is 281 g/mol. The van der Waals surface area contributed by atoms with E-state index in [0.29, 0.717) is 6.61 Å². The second kappa shape index (κ2) is 5.24. The highest BCUT2D eigenvalue weighted by Crippen LogP contribution is 2.36. The molecule has 1 aliphatic rings. The molecule has 1 atom stereocenters. The third kappa shape index (κ3) is 2.77. The van der Waals surface area contributed by atoms with Crippen LogP contribution in [0, 0.1) is 5.41 Å². The number of ether oxygens (including phenoxy) is 1. The topological polar surface area (TPSA) is 38.3 Å². The summed E-state index contributed by atoms with van der Waals surface area (Å²) >= 11 is 0. The van der Waals surface area contributed by atoms with Crippen LogP contribution >= 0.6 is 0 Å². The lowest BCUT2D eigenvalue weighted by Gasteiger charge is -2.38. The molecule has 3 heteroatoms. The van der Waals surface area contributed by atoms with Crippen molar-refractivity contribution < 1.29 is 9.53 Å². The van der Waals surface area contributed by atoms with Crippen molar-refractivity contribution in [1.82, 2.24) is 5.32 Å². The van der Waals surface area contributed by atoms with Crippen LogP contribution in [0.15, 0.2) is 54.6 Å². The molecule has 0 aromatic heterocycles. The number of rotatable bonds is 2. The van der Waals surface area contributed by atoms with Gasteiger partial charge in [0.1, 0.15) is 6.61 Å². The van der Waals surface area contributed by atoms with Crippen LogP contribution in [-0.2, 0) is 4.74 Å². The Morgan fingerprint density at radius 3 is 2.29 bits per heavy atom. The predicted octanol–water partition coefficient (Wildman–Crippen LogP) is 4.16. The number of hydrogen-bond acceptors (Lipinski definition) is 2. The third-order valence-electron chi connectivity index (χ3n) is 3.97.